The Hall–Kier alpha value is -2.68. The SMILES string of the molecule is CCOc1ccccc1S(=O)(=O)NCCn1nc(-c2ccc(Cl)cc2)ccc1=O. The van der Waals surface area contributed by atoms with Crippen molar-refractivity contribution < 1.29 is 13.2 Å². The fourth-order valence-electron chi connectivity index (χ4n) is 2.69. The lowest BCUT2D eigenvalue weighted by Gasteiger charge is -2.12. The predicted molar refractivity (Wildman–Crippen MR) is 112 cm³/mol. The Morgan fingerprint density at radius 3 is 2.52 bits per heavy atom. The molecule has 9 heteroatoms. The molecule has 0 saturated heterocycles. The molecule has 0 spiro atoms. The lowest BCUT2D eigenvalue weighted by atomic mass is 10.1. The summed E-state index contributed by atoms with van der Waals surface area (Å²) in [5, 5.41) is 4.91. The summed E-state index contributed by atoms with van der Waals surface area (Å²) < 4.78 is 34.3. The van der Waals surface area contributed by atoms with Gasteiger partial charge in [0, 0.05) is 23.2 Å². The number of hydrogen-bond donors (Lipinski definition) is 1. The third-order valence-corrected chi connectivity index (χ3v) is 5.81. The molecule has 0 radical (unpaired) electrons. The number of halogens is 1. The molecule has 0 aliphatic carbocycles. The van der Waals surface area contributed by atoms with Gasteiger partial charge in [-0.25, -0.2) is 17.8 Å². The number of nitrogens with zero attached hydrogens (tertiary/aromatic N) is 2. The van der Waals surface area contributed by atoms with E-state index < -0.39 is 10.0 Å². The molecule has 0 atom stereocenters. The minimum Gasteiger partial charge on any atom is -0.492 e. The van der Waals surface area contributed by atoms with Gasteiger partial charge in [0.2, 0.25) is 10.0 Å². The molecule has 0 unspecified atom stereocenters. The standard InChI is InChI=1S/C20H20ClN3O4S/c1-2-28-18-5-3-4-6-19(18)29(26,27)22-13-14-24-20(25)12-11-17(23-24)15-7-9-16(21)10-8-15/h3-12,22H,2,13-14H2,1H3. The van der Waals surface area contributed by atoms with Gasteiger partial charge in [-0.2, -0.15) is 5.10 Å². The maximum absolute atomic E-state index is 12.6. The minimum absolute atomic E-state index is 0.000228. The van der Waals surface area contributed by atoms with Gasteiger partial charge in [-0.1, -0.05) is 35.9 Å². The van der Waals surface area contributed by atoms with Crippen LogP contribution in [0.5, 0.6) is 5.75 Å². The summed E-state index contributed by atoms with van der Waals surface area (Å²) in [5.41, 5.74) is 1.07. The fraction of sp³-hybridized carbons (Fsp3) is 0.200. The van der Waals surface area contributed by atoms with Crippen LogP contribution in [-0.2, 0) is 16.6 Å². The predicted octanol–water partition coefficient (Wildman–Crippen LogP) is 2.94. The summed E-state index contributed by atoms with van der Waals surface area (Å²) in [7, 11) is -3.80. The molecule has 1 aromatic heterocycles. The average molecular weight is 434 g/mol. The van der Waals surface area contributed by atoms with E-state index in [4.69, 9.17) is 16.3 Å². The van der Waals surface area contributed by atoms with Gasteiger partial charge >= 0.3 is 0 Å². The number of ether oxygens (including phenoxy) is 1. The molecular weight excluding hydrogens is 414 g/mol. The van der Waals surface area contributed by atoms with Crippen LogP contribution in [0.2, 0.25) is 5.02 Å². The van der Waals surface area contributed by atoms with Gasteiger partial charge in [0.25, 0.3) is 5.56 Å². The molecular formula is C20H20ClN3O4S. The second-order valence-corrected chi connectivity index (χ2v) is 8.24. The maximum atomic E-state index is 12.6. The Morgan fingerprint density at radius 2 is 1.79 bits per heavy atom. The van der Waals surface area contributed by atoms with Crippen molar-refractivity contribution in [1.29, 1.82) is 0 Å². The van der Waals surface area contributed by atoms with Crippen molar-refractivity contribution in [2.75, 3.05) is 13.2 Å². The van der Waals surface area contributed by atoms with Crippen LogP contribution in [0.15, 0.2) is 70.4 Å². The van der Waals surface area contributed by atoms with Crippen LogP contribution >= 0.6 is 11.6 Å². The van der Waals surface area contributed by atoms with Crippen molar-refractivity contribution in [1.82, 2.24) is 14.5 Å². The molecule has 7 nitrogen and oxygen atoms in total. The first-order valence-corrected chi connectivity index (χ1v) is 10.8. The molecule has 3 aromatic rings. The second kappa shape index (κ2) is 9.21. The number of nitrogens with one attached hydrogen (secondary N) is 1. The zero-order chi connectivity index (χ0) is 20.9. The smallest absolute Gasteiger partial charge is 0.266 e. The third-order valence-electron chi connectivity index (χ3n) is 4.06. The molecule has 1 N–H and O–H groups in total. The van der Waals surface area contributed by atoms with Crippen LogP contribution in [0, 0.1) is 0 Å². The number of rotatable bonds is 8. The minimum atomic E-state index is -3.80. The Labute approximate surface area is 174 Å². The van der Waals surface area contributed by atoms with Crippen molar-refractivity contribution in [2.24, 2.45) is 0 Å². The highest BCUT2D eigenvalue weighted by molar-refractivity contribution is 7.89. The van der Waals surface area contributed by atoms with Crippen LogP contribution < -0.4 is 15.0 Å². The summed E-state index contributed by atoms with van der Waals surface area (Å²) in [4.78, 5) is 12.2. The van der Waals surface area contributed by atoms with Gasteiger partial charge in [-0.3, -0.25) is 4.79 Å². The van der Waals surface area contributed by atoms with Crippen molar-refractivity contribution >= 4 is 21.6 Å². The van der Waals surface area contributed by atoms with E-state index in [0.717, 1.165) is 5.56 Å². The Bertz CT molecular complexity index is 1140. The van der Waals surface area contributed by atoms with Crippen LogP contribution in [0.4, 0.5) is 0 Å². The van der Waals surface area contributed by atoms with E-state index in [0.29, 0.717) is 17.3 Å². The lowest BCUT2D eigenvalue weighted by molar-refractivity contribution is 0.331. The zero-order valence-electron chi connectivity index (χ0n) is 15.7. The van der Waals surface area contributed by atoms with E-state index in [2.05, 4.69) is 9.82 Å². The number of sulfonamides is 1. The first kappa shape index (κ1) is 21.0. The van der Waals surface area contributed by atoms with Gasteiger partial charge in [-0.05, 0) is 37.3 Å². The van der Waals surface area contributed by atoms with Crippen molar-refractivity contribution in [3.8, 4) is 17.0 Å². The first-order valence-electron chi connectivity index (χ1n) is 8.96. The van der Waals surface area contributed by atoms with Crippen LogP contribution in [0.25, 0.3) is 11.3 Å². The van der Waals surface area contributed by atoms with E-state index in [1.54, 1.807) is 55.5 Å². The lowest BCUT2D eigenvalue weighted by Crippen LogP contribution is -2.32. The summed E-state index contributed by atoms with van der Waals surface area (Å²) in [5.74, 6) is 0.280. The van der Waals surface area contributed by atoms with Gasteiger partial charge < -0.3 is 4.74 Å². The molecule has 0 aliphatic heterocycles. The molecule has 152 valence electrons. The number of hydrogen-bond acceptors (Lipinski definition) is 5. The summed E-state index contributed by atoms with van der Waals surface area (Å²) in [6, 6.07) is 16.5. The van der Waals surface area contributed by atoms with Crippen molar-refractivity contribution in [3.05, 3.63) is 76.0 Å². The molecule has 0 saturated carbocycles. The quantitative estimate of drug-likeness (QED) is 0.589. The largest absolute Gasteiger partial charge is 0.492 e. The Balaban J connectivity index is 1.74. The molecule has 3 rings (SSSR count). The first-order chi connectivity index (χ1) is 13.9. The second-order valence-electron chi connectivity index (χ2n) is 6.06. The zero-order valence-corrected chi connectivity index (χ0v) is 17.3. The molecule has 0 fully saturated rings. The van der Waals surface area contributed by atoms with Gasteiger partial charge in [0.05, 0.1) is 18.8 Å². The average Bonchev–Trinajstić information content (AvgIpc) is 2.70. The van der Waals surface area contributed by atoms with E-state index in [1.165, 1.54) is 16.8 Å². The van der Waals surface area contributed by atoms with Gasteiger partial charge in [-0.15, -0.1) is 0 Å². The normalized spacial score (nSPS) is 11.4. The number of aromatic nitrogens is 2. The van der Waals surface area contributed by atoms with E-state index >= 15 is 0 Å². The fourth-order valence-corrected chi connectivity index (χ4v) is 3.99. The summed E-state index contributed by atoms with van der Waals surface area (Å²) in [6.45, 7) is 2.21. The number of benzene rings is 2. The van der Waals surface area contributed by atoms with Crippen LogP contribution in [0.1, 0.15) is 6.92 Å². The van der Waals surface area contributed by atoms with Crippen LogP contribution in [-0.4, -0.2) is 31.3 Å². The van der Waals surface area contributed by atoms with Gasteiger partial charge in [0.15, 0.2) is 0 Å². The highest BCUT2D eigenvalue weighted by Gasteiger charge is 2.18. The van der Waals surface area contributed by atoms with E-state index in [9.17, 15) is 13.2 Å². The molecule has 29 heavy (non-hydrogen) atoms. The highest BCUT2D eigenvalue weighted by atomic mass is 35.5. The topological polar surface area (TPSA) is 90.3 Å². The Kier molecular flexibility index (Phi) is 6.68. The molecule has 0 bridgehead atoms. The van der Waals surface area contributed by atoms with E-state index in [1.807, 2.05) is 0 Å². The monoisotopic (exact) mass is 433 g/mol. The number of para-hydroxylation sites is 1. The van der Waals surface area contributed by atoms with Gasteiger partial charge in [0.1, 0.15) is 10.6 Å². The third kappa shape index (κ3) is 5.23. The molecule has 0 amide bonds. The molecule has 1 heterocycles. The highest BCUT2D eigenvalue weighted by Crippen LogP contribution is 2.23. The maximum Gasteiger partial charge on any atom is 0.266 e. The van der Waals surface area contributed by atoms with Crippen molar-refractivity contribution in [3.63, 3.8) is 0 Å². The summed E-state index contributed by atoms with van der Waals surface area (Å²) in [6.07, 6.45) is 0. The molecule has 2 aromatic carbocycles. The van der Waals surface area contributed by atoms with E-state index in [-0.39, 0.29) is 29.3 Å². The van der Waals surface area contributed by atoms with Crippen LogP contribution in [0.3, 0.4) is 0 Å². The van der Waals surface area contributed by atoms with Crippen molar-refractivity contribution in [2.45, 2.75) is 18.4 Å². The molecule has 0 aliphatic rings. The summed E-state index contributed by atoms with van der Waals surface area (Å²) >= 11 is 5.90. The Morgan fingerprint density at radius 1 is 1.07 bits per heavy atom.